The molecule has 6 nitrogen and oxygen atoms in total. The van der Waals surface area contributed by atoms with Gasteiger partial charge in [-0.25, -0.2) is 0 Å². The van der Waals surface area contributed by atoms with Crippen LogP contribution in [0.4, 0.5) is 0 Å². The predicted molar refractivity (Wildman–Crippen MR) is 66.3 cm³/mol. The molecule has 0 aliphatic rings. The van der Waals surface area contributed by atoms with Gasteiger partial charge in [-0.2, -0.15) is 0 Å². The van der Waals surface area contributed by atoms with Gasteiger partial charge in [0.05, 0.1) is 6.61 Å². The van der Waals surface area contributed by atoms with Crippen LogP contribution in [0.25, 0.3) is 0 Å². The number of carbonyl (C=O) groups is 1. The summed E-state index contributed by atoms with van der Waals surface area (Å²) in [5.74, 6) is -1.02. The SMILES string of the molecule is O=C(CO)[C@@](O)(Cc1ccccc1)[C@H](O)[C@H](O)CO. The van der Waals surface area contributed by atoms with Crippen LogP contribution in [0.3, 0.4) is 0 Å². The maximum atomic E-state index is 11.6. The van der Waals surface area contributed by atoms with Crippen LogP contribution in [0.2, 0.25) is 0 Å². The number of hydrogen-bond acceptors (Lipinski definition) is 6. The highest BCUT2D eigenvalue weighted by Gasteiger charge is 2.45. The lowest BCUT2D eigenvalue weighted by Gasteiger charge is -2.33. The van der Waals surface area contributed by atoms with Crippen molar-refractivity contribution in [1.82, 2.24) is 0 Å². The predicted octanol–water partition coefficient (Wildman–Crippen LogP) is -1.76. The minimum absolute atomic E-state index is 0.272. The molecule has 5 N–H and O–H groups in total. The van der Waals surface area contributed by atoms with Crippen LogP contribution in [0.1, 0.15) is 5.56 Å². The number of aliphatic hydroxyl groups is 5. The zero-order chi connectivity index (χ0) is 14.5. The van der Waals surface area contributed by atoms with Crippen molar-refractivity contribution in [3.63, 3.8) is 0 Å². The Kier molecular flexibility index (Phi) is 5.59. The number of ketones is 1. The Balaban J connectivity index is 3.03. The van der Waals surface area contributed by atoms with Crippen LogP contribution in [-0.2, 0) is 11.2 Å². The summed E-state index contributed by atoms with van der Waals surface area (Å²) in [6.07, 6.45) is -3.84. The van der Waals surface area contributed by atoms with Gasteiger partial charge in [0.1, 0.15) is 18.8 Å². The van der Waals surface area contributed by atoms with Crippen molar-refractivity contribution in [2.45, 2.75) is 24.2 Å². The Hall–Kier alpha value is -1.31. The van der Waals surface area contributed by atoms with E-state index in [0.717, 1.165) is 0 Å². The molecule has 19 heavy (non-hydrogen) atoms. The van der Waals surface area contributed by atoms with Gasteiger partial charge >= 0.3 is 0 Å². The molecule has 0 amide bonds. The zero-order valence-electron chi connectivity index (χ0n) is 10.3. The fourth-order valence-electron chi connectivity index (χ4n) is 1.83. The van der Waals surface area contributed by atoms with Crippen LogP contribution >= 0.6 is 0 Å². The van der Waals surface area contributed by atoms with Gasteiger partial charge in [-0.1, -0.05) is 30.3 Å². The third kappa shape index (κ3) is 3.59. The minimum Gasteiger partial charge on any atom is -0.394 e. The molecule has 1 rings (SSSR count). The van der Waals surface area contributed by atoms with Gasteiger partial charge in [0.2, 0.25) is 0 Å². The van der Waals surface area contributed by atoms with E-state index in [1.807, 2.05) is 0 Å². The molecule has 0 heterocycles. The van der Waals surface area contributed by atoms with Crippen LogP contribution in [0, 0.1) is 0 Å². The average Bonchev–Trinajstić information content (AvgIpc) is 2.45. The summed E-state index contributed by atoms with van der Waals surface area (Å²) >= 11 is 0. The first kappa shape index (κ1) is 15.7. The van der Waals surface area contributed by atoms with Crippen LogP contribution in [0.5, 0.6) is 0 Å². The average molecular weight is 270 g/mol. The summed E-state index contributed by atoms with van der Waals surface area (Å²) in [6, 6.07) is 8.39. The number of hydrogen-bond donors (Lipinski definition) is 5. The van der Waals surface area contributed by atoms with Gasteiger partial charge in [-0.15, -0.1) is 0 Å². The molecule has 0 bridgehead atoms. The molecule has 0 unspecified atom stereocenters. The molecule has 0 aromatic heterocycles. The lowest BCUT2D eigenvalue weighted by Crippen LogP contribution is -2.57. The quantitative estimate of drug-likeness (QED) is 0.400. The van der Waals surface area contributed by atoms with E-state index in [2.05, 4.69) is 0 Å². The molecule has 0 saturated heterocycles. The van der Waals surface area contributed by atoms with Crippen LogP contribution in [-0.4, -0.2) is 62.3 Å². The number of benzene rings is 1. The largest absolute Gasteiger partial charge is 0.394 e. The molecular formula is C13H18O6. The highest BCUT2D eigenvalue weighted by atomic mass is 16.4. The van der Waals surface area contributed by atoms with Gasteiger partial charge < -0.3 is 25.5 Å². The van der Waals surface area contributed by atoms with Crippen molar-refractivity contribution in [1.29, 1.82) is 0 Å². The Morgan fingerprint density at radius 2 is 1.74 bits per heavy atom. The zero-order valence-corrected chi connectivity index (χ0v) is 10.3. The fourth-order valence-corrected chi connectivity index (χ4v) is 1.83. The number of rotatable bonds is 7. The minimum atomic E-state index is -2.35. The molecule has 1 aromatic carbocycles. The first-order chi connectivity index (χ1) is 8.95. The Morgan fingerprint density at radius 3 is 2.21 bits per heavy atom. The monoisotopic (exact) mass is 270 g/mol. The molecule has 0 saturated carbocycles. The molecule has 106 valence electrons. The standard InChI is InChI=1S/C13H18O6/c14-7-10(16)12(18)13(19,11(17)8-15)6-9-4-2-1-3-5-9/h1-5,10,12,14-16,18-19H,6-8H2/t10-,12-,13+/m1/s1. The van der Waals surface area contributed by atoms with Crippen LogP contribution < -0.4 is 0 Å². The summed E-state index contributed by atoms with van der Waals surface area (Å²) in [4.78, 5) is 11.6. The van der Waals surface area contributed by atoms with Crippen molar-refractivity contribution in [2.75, 3.05) is 13.2 Å². The van der Waals surface area contributed by atoms with Gasteiger partial charge in [0.25, 0.3) is 0 Å². The molecule has 0 spiro atoms. The van der Waals surface area contributed by atoms with Gasteiger partial charge in [0.15, 0.2) is 11.4 Å². The Bertz CT molecular complexity index is 407. The van der Waals surface area contributed by atoms with Gasteiger partial charge in [-0.3, -0.25) is 4.79 Å². The molecule has 0 aliphatic heterocycles. The lowest BCUT2D eigenvalue weighted by molar-refractivity contribution is -0.167. The molecular weight excluding hydrogens is 252 g/mol. The van der Waals surface area contributed by atoms with E-state index in [1.165, 1.54) is 0 Å². The molecule has 0 fully saturated rings. The van der Waals surface area contributed by atoms with Crippen molar-refractivity contribution in [3.05, 3.63) is 35.9 Å². The maximum Gasteiger partial charge on any atom is 0.192 e. The van der Waals surface area contributed by atoms with Crippen molar-refractivity contribution < 1.29 is 30.3 Å². The van der Waals surface area contributed by atoms with E-state index < -0.39 is 36.8 Å². The van der Waals surface area contributed by atoms with Crippen molar-refractivity contribution in [2.24, 2.45) is 0 Å². The van der Waals surface area contributed by atoms with Crippen LogP contribution in [0.15, 0.2) is 30.3 Å². The molecule has 1 aromatic rings. The van der Waals surface area contributed by atoms with Crippen molar-refractivity contribution in [3.8, 4) is 0 Å². The van der Waals surface area contributed by atoms with Crippen molar-refractivity contribution >= 4 is 5.78 Å². The van der Waals surface area contributed by atoms with E-state index in [0.29, 0.717) is 5.56 Å². The first-order valence-electron chi connectivity index (χ1n) is 5.83. The Labute approximate surface area is 110 Å². The second-order valence-electron chi connectivity index (χ2n) is 4.36. The second kappa shape index (κ2) is 6.74. The van der Waals surface area contributed by atoms with E-state index in [1.54, 1.807) is 30.3 Å². The normalized spacial score (nSPS) is 17.5. The summed E-state index contributed by atoms with van der Waals surface area (Å²) < 4.78 is 0. The lowest BCUT2D eigenvalue weighted by atomic mass is 9.83. The van der Waals surface area contributed by atoms with Gasteiger partial charge in [-0.05, 0) is 5.56 Å². The summed E-state index contributed by atoms with van der Waals surface area (Å²) in [7, 11) is 0. The highest BCUT2D eigenvalue weighted by Crippen LogP contribution is 2.21. The number of aliphatic hydroxyl groups excluding tert-OH is 4. The van der Waals surface area contributed by atoms with E-state index in [4.69, 9.17) is 10.2 Å². The molecule has 0 aliphatic carbocycles. The fraction of sp³-hybridized carbons (Fsp3) is 0.462. The number of Topliss-reactive ketones (excluding diaryl/α,β-unsaturated/α-hetero) is 1. The third-order valence-corrected chi connectivity index (χ3v) is 2.98. The Morgan fingerprint density at radius 1 is 1.16 bits per heavy atom. The molecule has 6 heteroatoms. The summed E-state index contributed by atoms with van der Waals surface area (Å²) in [6.45, 7) is -1.78. The summed E-state index contributed by atoms with van der Waals surface area (Å²) in [5.41, 5.74) is -1.80. The topological polar surface area (TPSA) is 118 Å². The van der Waals surface area contributed by atoms with E-state index in [9.17, 15) is 20.1 Å². The number of carbonyl (C=O) groups excluding carboxylic acids is 1. The highest BCUT2D eigenvalue weighted by molar-refractivity contribution is 5.89. The smallest absolute Gasteiger partial charge is 0.192 e. The van der Waals surface area contributed by atoms with Gasteiger partial charge in [0, 0.05) is 6.42 Å². The maximum absolute atomic E-state index is 11.6. The van der Waals surface area contributed by atoms with E-state index in [-0.39, 0.29) is 6.42 Å². The first-order valence-corrected chi connectivity index (χ1v) is 5.83. The second-order valence-corrected chi connectivity index (χ2v) is 4.36. The third-order valence-electron chi connectivity index (χ3n) is 2.98. The molecule has 0 radical (unpaired) electrons. The molecule has 3 atom stereocenters. The summed E-state index contributed by atoms with van der Waals surface area (Å²) in [5, 5.41) is 47.2. The van der Waals surface area contributed by atoms with E-state index >= 15 is 0 Å².